The molecule has 1 aromatic heterocycles. The number of hydrogen-bond acceptors (Lipinski definition) is 3. The molecule has 19 heavy (non-hydrogen) atoms. The van der Waals surface area contributed by atoms with Gasteiger partial charge in [-0.05, 0) is 18.2 Å². The lowest BCUT2D eigenvalue weighted by Crippen LogP contribution is -2.28. The van der Waals surface area contributed by atoms with Gasteiger partial charge in [0.15, 0.2) is 0 Å². The average Bonchev–Trinajstić information content (AvgIpc) is 2.46. The fraction of sp³-hybridized carbons (Fsp3) is 0.143. The molecule has 0 atom stereocenters. The van der Waals surface area contributed by atoms with Crippen molar-refractivity contribution in [3.8, 4) is 5.75 Å². The molecule has 98 valence electrons. The zero-order valence-corrected chi connectivity index (χ0v) is 10.6. The zero-order chi connectivity index (χ0) is 13.5. The molecule has 5 heteroatoms. The monoisotopic (exact) mass is 257 g/mol. The Morgan fingerprint density at radius 2 is 1.95 bits per heavy atom. The standard InChI is InChI=1S/C14H15N3O2/c1-19-13-5-3-2-4-11(13)10-16-14(18)17-12-6-8-15-9-7-12/h2-9H,10H2,1H3,(H2,15,16,17,18). The molecular formula is C14H15N3O2. The average molecular weight is 257 g/mol. The Labute approximate surface area is 111 Å². The summed E-state index contributed by atoms with van der Waals surface area (Å²) in [4.78, 5) is 15.6. The number of hydrogen-bond donors (Lipinski definition) is 2. The molecule has 0 bridgehead atoms. The van der Waals surface area contributed by atoms with Gasteiger partial charge in [-0.1, -0.05) is 18.2 Å². The van der Waals surface area contributed by atoms with Crippen LogP contribution in [0, 0.1) is 0 Å². The third kappa shape index (κ3) is 3.70. The van der Waals surface area contributed by atoms with Gasteiger partial charge in [0, 0.05) is 30.2 Å². The van der Waals surface area contributed by atoms with E-state index in [-0.39, 0.29) is 6.03 Å². The van der Waals surface area contributed by atoms with Crippen LogP contribution in [-0.2, 0) is 6.54 Å². The summed E-state index contributed by atoms with van der Waals surface area (Å²) in [5.41, 5.74) is 1.63. The first-order valence-electron chi connectivity index (χ1n) is 5.86. The molecule has 1 aromatic carbocycles. The molecule has 0 fully saturated rings. The molecule has 0 spiro atoms. The molecule has 0 aliphatic rings. The van der Waals surface area contributed by atoms with Crippen LogP contribution in [0.5, 0.6) is 5.75 Å². The van der Waals surface area contributed by atoms with E-state index < -0.39 is 0 Å². The number of nitrogens with zero attached hydrogens (tertiary/aromatic N) is 1. The number of anilines is 1. The van der Waals surface area contributed by atoms with E-state index in [2.05, 4.69) is 15.6 Å². The SMILES string of the molecule is COc1ccccc1CNC(=O)Nc1ccncc1. The molecule has 2 amide bonds. The van der Waals surface area contributed by atoms with Crippen molar-refractivity contribution in [1.82, 2.24) is 10.3 Å². The fourth-order valence-corrected chi connectivity index (χ4v) is 1.64. The number of para-hydroxylation sites is 1. The summed E-state index contributed by atoms with van der Waals surface area (Å²) in [6.07, 6.45) is 3.24. The summed E-state index contributed by atoms with van der Waals surface area (Å²) in [5.74, 6) is 0.756. The second-order valence-electron chi connectivity index (χ2n) is 3.86. The van der Waals surface area contributed by atoms with E-state index in [1.807, 2.05) is 24.3 Å². The summed E-state index contributed by atoms with van der Waals surface area (Å²) in [6.45, 7) is 0.404. The lowest BCUT2D eigenvalue weighted by Gasteiger charge is -2.10. The number of carbonyl (C=O) groups excluding carboxylic acids is 1. The summed E-state index contributed by atoms with van der Waals surface area (Å²) in [6, 6.07) is 10.7. The van der Waals surface area contributed by atoms with Gasteiger partial charge in [0.05, 0.1) is 7.11 Å². The molecule has 0 saturated heterocycles. The van der Waals surface area contributed by atoms with Crippen molar-refractivity contribution in [1.29, 1.82) is 0 Å². The molecule has 0 aliphatic carbocycles. The number of methoxy groups -OCH3 is 1. The molecular weight excluding hydrogens is 242 g/mol. The van der Waals surface area contributed by atoms with Crippen LogP contribution in [0.1, 0.15) is 5.56 Å². The van der Waals surface area contributed by atoms with E-state index in [0.29, 0.717) is 12.2 Å². The number of nitrogens with one attached hydrogen (secondary N) is 2. The highest BCUT2D eigenvalue weighted by molar-refractivity contribution is 5.89. The first-order chi connectivity index (χ1) is 9.29. The largest absolute Gasteiger partial charge is 0.496 e. The van der Waals surface area contributed by atoms with Crippen molar-refractivity contribution in [2.24, 2.45) is 0 Å². The molecule has 2 aromatic rings. The van der Waals surface area contributed by atoms with Crippen molar-refractivity contribution < 1.29 is 9.53 Å². The number of benzene rings is 1. The molecule has 2 N–H and O–H groups in total. The lowest BCUT2D eigenvalue weighted by molar-refractivity contribution is 0.251. The van der Waals surface area contributed by atoms with Gasteiger partial charge in [-0.15, -0.1) is 0 Å². The maximum absolute atomic E-state index is 11.7. The summed E-state index contributed by atoms with van der Waals surface area (Å²) in [5, 5.41) is 5.49. The molecule has 1 heterocycles. The highest BCUT2D eigenvalue weighted by atomic mass is 16.5. The lowest BCUT2D eigenvalue weighted by atomic mass is 10.2. The molecule has 0 unspecified atom stereocenters. The van der Waals surface area contributed by atoms with Crippen molar-refractivity contribution in [3.05, 3.63) is 54.4 Å². The van der Waals surface area contributed by atoms with Crippen molar-refractivity contribution in [2.75, 3.05) is 12.4 Å². The highest BCUT2D eigenvalue weighted by Gasteiger charge is 2.04. The number of ether oxygens (including phenoxy) is 1. The normalized spacial score (nSPS) is 9.74. The smallest absolute Gasteiger partial charge is 0.319 e. The fourth-order valence-electron chi connectivity index (χ4n) is 1.64. The minimum Gasteiger partial charge on any atom is -0.496 e. The van der Waals surface area contributed by atoms with Crippen molar-refractivity contribution >= 4 is 11.7 Å². The summed E-state index contributed by atoms with van der Waals surface area (Å²) in [7, 11) is 1.61. The van der Waals surface area contributed by atoms with E-state index in [0.717, 1.165) is 11.3 Å². The van der Waals surface area contributed by atoms with E-state index in [4.69, 9.17) is 4.74 Å². The number of urea groups is 1. The number of pyridine rings is 1. The maximum atomic E-state index is 11.7. The highest BCUT2D eigenvalue weighted by Crippen LogP contribution is 2.16. The van der Waals surface area contributed by atoms with Gasteiger partial charge in [-0.25, -0.2) is 4.79 Å². The molecule has 0 aliphatic heterocycles. The van der Waals surface area contributed by atoms with Crippen molar-refractivity contribution in [3.63, 3.8) is 0 Å². The number of aromatic nitrogens is 1. The Morgan fingerprint density at radius 1 is 1.21 bits per heavy atom. The van der Waals surface area contributed by atoms with E-state index in [9.17, 15) is 4.79 Å². The Morgan fingerprint density at radius 3 is 2.68 bits per heavy atom. The van der Waals surface area contributed by atoms with E-state index in [1.54, 1.807) is 31.6 Å². The number of amides is 2. The van der Waals surface area contributed by atoms with Gasteiger partial charge in [-0.2, -0.15) is 0 Å². The quantitative estimate of drug-likeness (QED) is 0.884. The maximum Gasteiger partial charge on any atom is 0.319 e. The molecule has 5 nitrogen and oxygen atoms in total. The summed E-state index contributed by atoms with van der Waals surface area (Å²) < 4.78 is 5.22. The Hall–Kier alpha value is -2.56. The summed E-state index contributed by atoms with van der Waals surface area (Å²) >= 11 is 0. The Kier molecular flexibility index (Phi) is 4.34. The number of rotatable bonds is 4. The van der Waals surface area contributed by atoms with Gasteiger partial charge >= 0.3 is 6.03 Å². The van der Waals surface area contributed by atoms with E-state index >= 15 is 0 Å². The first kappa shape index (κ1) is 12.9. The predicted octanol–water partition coefficient (Wildman–Crippen LogP) is 2.41. The van der Waals surface area contributed by atoms with Gasteiger partial charge in [0.25, 0.3) is 0 Å². The third-order valence-electron chi connectivity index (χ3n) is 2.57. The second kappa shape index (κ2) is 6.39. The number of carbonyl (C=O) groups is 1. The molecule has 0 saturated carbocycles. The third-order valence-corrected chi connectivity index (χ3v) is 2.57. The van der Waals surface area contributed by atoms with Gasteiger partial charge < -0.3 is 15.4 Å². The second-order valence-corrected chi connectivity index (χ2v) is 3.86. The van der Waals surface area contributed by atoms with Gasteiger partial charge in [-0.3, -0.25) is 4.98 Å². The molecule has 0 radical (unpaired) electrons. The van der Waals surface area contributed by atoms with Crippen LogP contribution in [-0.4, -0.2) is 18.1 Å². The van der Waals surface area contributed by atoms with Crippen LogP contribution in [0.4, 0.5) is 10.5 Å². The Bertz CT molecular complexity index is 543. The van der Waals surface area contributed by atoms with Crippen LogP contribution >= 0.6 is 0 Å². The minimum atomic E-state index is -0.267. The molecule has 2 rings (SSSR count). The zero-order valence-electron chi connectivity index (χ0n) is 10.6. The first-order valence-corrected chi connectivity index (χ1v) is 5.86. The van der Waals surface area contributed by atoms with Crippen LogP contribution in [0.3, 0.4) is 0 Å². The van der Waals surface area contributed by atoms with Crippen LogP contribution in [0.15, 0.2) is 48.8 Å². The topological polar surface area (TPSA) is 63.2 Å². The van der Waals surface area contributed by atoms with E-state index in [1.165, 1.54) is 0 Å². The Balaban J connectivity index is 1.90. The van der Waals surface area contributed by atoms with Gasteiger partial charge in [0.2, 0.25) is 0 Å². The van der Waals surface area contributed by atoms with Crippen LogP contribution in [0.25, 0.3) is 0 Å². The predicted molar refractivity (Wildman–Crippen MR) is 73.1 cm³/mol. The van der Waals surface area contributed by atoms with Gasteiger partial charge in [0.1, 0.15) is 5.75 Å². The minimum absolute atomic E-state index is 0.267. The van der Waals surface area contributed by atoms with Crippen molar-refractivity contribution in [2.45, 2.75) is 6.54 Å². The van der Waals surface area contributed by atoms with Crippen LogP contribution < -0.4 is 15.4 Å². The van der Waals surface area contributed by atoms with Crippen LogP contribution in [0.2, 0.25) is 0 Å².